The van der Waals surface area contributed by atoms with Crippen LogP contribution in [0.1, 0.15) is 15.9 Å². The summed E-state index contributed by atoms with van der Waals surface area (Å²) in [4.78, 5) is 22.2. The van der Waals surface area contributed by atoms with E-state index in [9.17, 15) is 9.59 Å². The maximum Gasteiger partial charge on any atom is 0.328 e. The van der Waals surface area contributed by atoms with E-state index in [4.69, 9.17) is 15.6 Å². The second kappa shape index (κ2) is 3.94. The van der Waals surface area contributed by atoms with Crippen molar-refractivity contribution >= 4 is 11.8 Å². The van der Waals surface area contributed by atoms with Gasteiger partial charge in [-0.05, 0) is 23.8 Å². The van der Waals surface area contributed by atoms with Crippen LogP contribution < -0.4 is 10.5 Å². The molecule has 2 rings (SSSR count). The molecule has 1 aliphatic rings. The number of carboxylic acid groups (broad SMARTS) is 1. The molecule has 1 atom stereocenters. The van der Waals surface area contributed by atoms with Crippen LogP contribution in [-0.2, 0) is 11.2 Å². The highest BCUT2D eigenvalue weighted by Crippen LogP contribution is 2.26. The number of ether oxygens (including phenoxy) is 1. The summed E-state index contributed by atoms with van der Waals surface area (Å²) in [6.45, 7) is 0.595. The van der Waals surface area contributed by atoms with E-state index < -0.39 is 17.8 Å². The molecule has 0 saturated heterocycles. The Balaban J connectivity index is 2.28. The van der Waals surface area contributed by atoms with Gasteiger partial charge in [0.05, 0.1) is 6.61 Å². The van der Waals surface area contributed by atoms with Gasteiger partial charge in [0, 0.05) is 12.0 Å². The number of carbonyl (C=O) groups excluding carboxylic acids is 1. The summed E-state index contributed by atoms with van der Waals surface area (Å²) in [5.74, 6) is -1.15. The molecule has 0 fully saturated rings. The Bertz CT molecular complexity index is 455. The van der Waals surface area contributed by atoms with Crippen molar-refractivity contribution < 1.29 is 19.4 Å². The first-order chi connectivity index (χ1) is 7.59. The molecule has 0 aliphatic carbocycles. The second-order valence-corrected chi connectivity index (χ2v) is 3.60. The highest BCUT2D eigenvalue weighted by molar-refractivity contribution is 6.11. The molecule has 0 radical (unpaired) electrons. The average molecular weight is 221 g/mol. The fourth-order valence-electron chi connectivity index (χ4n) is 1.63. The Kier molecular flexibility index (Phi) is 2.62. The number of rotatable bonds is 3. The zero-order valence-electron chi connectivity index (χ0n) is 8.47. The average Bonchev–Trinajstić information content (AvgIpc) is 2.73. The maximum atomic E-state index is 11.6. The molecule has 0 amide bonds. The van der Waals surface area contributed by atoms with Crippen LogP contribution in [0, 0.1) is 0 Å². The van der Waals surface area contributed by atoms with Gasteiger partial charge in [-0.25, -0.2) is 0 Å². The minimum atomic E-state index is -1.50. The minimum Gasteiger partial charge on any atom is -0.493 e. The Morgan fingerprint density at radius 1 is 1.44 bits per heavy atom. The number of aliphatic carboxylic acids is 1. The van der Waals surface area contributed by atoms with Crippen LogP contribution in [0.25, 0.3) is 0 Å². The number of carbonyl (C=O) groups is 2. The van der Waals surface area contributed by atoms with Gasteiger partial charge in [0.15, 0.2) is 11.8 Å². The molecule has 5 heteroatoms. The van der Waals surface area contributed by atoms with Crippen LogP contribution in [-0.4, -0.2) is 29.5 Å². The van der Waals surface area contributed by atoms with Gasteiger partial charge in [-0.2, -0.15) is 0 Å². The largest absolute Gasteiger partial charge is 0.493 e. The third-order valence-corrected chi connectivity index (χ3v) is 2.52. The number of hydrogen-bond donors (Lipinski definition) is 2. The van der Waals surface area contributed by atoms with E-state index in [-0.39, 0.29) is 0 Å². The topological polar surface area (TPSA) is 89.6 Å². The van der Waals surface area contributed by atoms with Crippen LogP contribution in [0.3, 0.4) is 0 Å². The number of ketones is 1. The van der Waals surface area contributed by atoms with Gasteiger partial charge >= 0.3 is 5.97 Å². The van der Waals surface area contributed by atoms with Crippen molar-refractivity contribution in [2.24, 2.45) is 5.73 Å². The van der Waals surface area contributed by atoms with Gasteiger partial charge in [-0.3, -0.25) is 9.59 Å². The van der Waals surface area contributed by atoms with Gasteiger partial charge in [-0.15, -0.1) is 0 Å². The van der Waals surface area contributed by atoms with Gasteiger partial charge < -0.3 is 15.6 Å². The predicted octanol–water partition coefficient (Wildman–Crippen LogP) is 0.216. The van der Waals surface area contributed by atoms with E-state index in [1.807, 2.05) is 0 Å². The number of fused-ring (bicyclic) bond motifs is 1. The van der Waals surface area contributed by atoms with E-state index in [0.717, 1.165) is 17.7 Å². The molecule has 1 aromatic rings. The monoisotopic (exact) mass is 221 g/mol. The molecular weight excluding hydrogens is 210 g/mol. The number of nitrogens with two attached hydrogens (primary N) is 1. The lowest BCUT2D eigenvalue weighted by atomic mass is 10.0. The first-order valence-corrected chi connectivity index (χ1v) is 4.88. The highest BCUT2D eigenvalue weighted by atomic mass is 16.5. The quantitative estimate of drug-likeness (QED) is 0.562. The van der Waals surface area contributed by atoms with Crippen molar-refractivity contribution in [1.29, 1.82) is 0 Å². The molecule has 1 heterocycles. The van der Waals surface area contributed by atoms with Gasteiger partial charge in [0.1, 0.15) is 5.75 Å². The number of Topliss-reactive ketones (excluding diaryl/α,β-unsaturated/α-hetero) is 1. The normalized spacial score (nSPS) is 15.1. The number of carboxylic acids is 1. The summed E-state index contributed by atoms with van der Waals surface area (Å²) < 4.78 is 5.28. The molecular formula is C11H11NO4. The number of hydrogen-bond acceptors (Lipinski definition) is 4. The molecule has 84 valence electrons. The van der Waals surface area contributed by atoms with E-state index >= 15 is 0 Å². The molecule has 0 saturated carbocycles. The third-order valence-electron chi connectivity index (χ3n) is 2.52. The van der Waals surface area contributed by atoms with Crippen LogP contribution in [0.4, 0.5) is 0 Å². The molecule has 1 aromatic carbocycles. The number of benzene rings is 1. The maximum absolute atomic E-state index is 11.6. The summed E-state index contributed by atoms with van der Waals surface area (Å²) in [7, 11) is 0. The Morgan fingerprint density at radius 2 is 2.19 bits per heavy atom. The first-order valence-electron chi connectivity index (χ1n) is 4.88. The molecule has 3 N–H and O–H groups in total. The first kappa shape index (κ1) is 10.6. The van der Waals surface area contributed by atoms with Crippen LogP contribution >= 0.6 is 0 Å². The lowest BCUT2D eigenvalue weighted by molar-refractivity contribution is -0.137. The molecule has 0 bridgehead atoms. The van der Waals surface area contributed by atoms with Gasteiger partial charge in [0.25, 0.3) is 0 Å². The molecule has 16 heavy (non-hydrogen) atoms. The van der Waals surface area contributed by atoms with Crippen LogP contribution in [0.15, 0.2) is 18.2 Å². The van der Waals surface area contributed by atoms with Crippen molar-refractivity contribution in [3.8, 4) is 5.75 Å². The van der Waals surface area contributed by atoms with Crippen molar-refractivity contribution in [1.82, 2.24) is 0 Å². The second-order valence-electron chi connectivity index (χ2n) is 3.60. The van der Waals surface area contributed by atoms with E-state index in [1.54, 1.807) is 12.1 Å². The van der Waals surface area contributed by atoms with E-state index in [0.29, 0.717) is 12.2 Å². The van der Waals surface area contributed by atoms with Gasteiger partial charge in [0.2, 0.25) is 0 Å². The highest BCUT2D eigenvalue weighted by Gasteiger charge is 2.24. The fraction of sp³-hybridized carbons (Fsp3) is 0.273. The van der Waals surface area contributed by atoms with Gasteiger partial charge in [-0.1, -0.05) is 0 Å². The molecule has 1 unspecified atom stereocenters. The lowest BCUT2D eigenvalue weighted by Crippen LogP contribution is -2.38. The van der Waals surface area contributed by atoms with E-state index in [1.165, 1.54) is 6.07 Å². The van der Waals surface area contributed by atoms with Crippen molar-refractivity contribution in [2.75, 3.05) is 6.61 Å². The summed E-state index contributed by atoms with van der Waals surface area (Å²) >= 11 is 0. The Labute approximate surface area is 91.8 Å². The van der Waals surface area contributed by atoms with E-state index in [2.05, 4.69) is 0 Å². The van der Waals surface area contributed by atoms with Crippen LogP contribution in [0.5, 0.6) is 5.75 Å². The summed E-state index contributed by atoms with van der Waals surface area (Å²) in [6.07, 6.45) is 0.735. The molecule has 0 aromatic heterocycles. The Morgan fingerprint density at radius 3 is 2.88 bits per heavy atom. The zero-order chi connectivity index (χ0) is 11.7. The minimum absolute atomic E-state index is 0.319. The van der Waals surface area contributed by atoms with Crippen molar-refractivity contribution in [2.45, 2.75) is 12.5 Å². The lowest BCUT2D eigenvalue weighted by Gasteiger charge is -2.06. The van der Waals surface area contributed by atoms with Crippen molar-refractivity contribution in [3.63, 3.8) is 0 Å². The fourth-order valence-corrected chi connectivity index (χ4v) is 1.63. The smallest absolute Gasteiger partial charge is 0.328 e. The zero-order valence-corrected chi connectivity index (χ0v) is 8.47. The summed E-state index contributed by atoms with van der Waals surface area (Å²) in [6, 6.07) is 3.35. The SMILES string of the molecule is NC(C(=O)O)C(=O)c1ccc2c(c1)CCO2. The third kappa shape index (κ3) is 1.77. The molecule has 0 spiro atoms. The van der Waals surface area contributed by atoms with Crippen LogP contribution in [0.2, 0.25) is 0 Å². The standard InChI is InChI=1S/C11H11NO4/c12-9(11(14)15)10(13)7-1-2-8-6(5-7)3-4-16-8/h1-2,5,9H,3-4,12H2,(H,14,15). The van der Waals surface area contributed by atoms with Crippen molar-refractivity contribution in [3.05, 3.63) is 29.3 Å². The Hall–Kier alpha value is -1.88. The summed E-state index contributed by atoms with van der Waals surface area (Å²) in [5, 5.41) is 8.64. The molecule has 1 aliphatic heterocycles. The predicted molar refractivity (Wildman–Crippen MR) is 55.6 cm³/mol. The molecule has 5 nitrogen and oxygen atoms in total. The summed E-state index contributed by atoms with van der Waals surface area (Å²) in [5.41, 5.74) is 6.50.